The van der Waals surface area contributed by atoms with E-state index in [-0.39, 0.29) is 11.8 Å². The molecule has 0 spiro atoms. The highest BCUT2D eigenvalue weighted by molar-refractivity contribution is 9.10. The number of carbonyl (C=O) groups is 2. The minimum Gasteiger partial charge on any atom is -0.352 e. The van der Waals surface area contributed by atoms with Crippen LogP contribution in [-0.2, 0) is 4.79 Å². The lowest BCUT2D eigenvalue weighted by Gasteiger charge is -2.14. The van der Waals surface area contributed by atoms with Crippen LogP contribution < -0.4 is 10.6 Å². The van der Waals surface area contributed by atoms with Gasteiger partial charge in [-0.3, -0.25) is 9.59 Å². The minimum absolute atomic E-state index is 0.147. The second-order valence-corrected chi connectivity index (χ2v) is 5.07. The van der Waals surface area contributed by atoms with Crippen LogP contribution >= 0.6 is 15.9 Å². The Kier molecular flexibility index (Phi) is 3.96. The van der Waals surface area contributed by atoms with Crippen LogP contribution in [0.2, 0.25) is 0 Å². The lowest BCUT2D eigenvalue weighted by Crippen LogP contribution is -2.45. The summed E-state index contributed by atoms with van der Waals surface area (Å²) in [5, 5.41) is 5.49. The standard InChI is InChI=1S/C12H14BrN3O2/c1-7(11(17)16-8-4-5-8)15-12(18)9-3-2-6-14-10(9)13/h2-3,6-8H,4-5H2,1H3,(H,15,18)(H,16,17). The number of amides is 2. The highest BCUT2D eigenvalue weighted by atomic mass is 79.9. The topological polar surface area (TPSA) is 71.1 Å². The minimum atomic E-state index is -0.551. The molecule has 0 aliphatic heterocycles. The Morgan fingerprint density at radius 3 is 2.83 bits per heavy atom. The number of hydrogen-bond acceptors (Lipinski definition) is 3. The van der Waals surface area contributed by atoms with Gasteiger partial charge in [-0.1, -0.05) is 0 Å². The molecule has 6 heteroatoms. The van der Waals surface area contributed by atoms with Crippen molar-refractivity contribution < 1.29 is 9.59 Å². The van der Waals surface area contributed by atoms with Crippen LogP contribution in [0, 0.1) is 0 Å². The quantitative estimate of drug-likeness (QED) is 0.822. The smallest absolute Gasteiger partial charge is 0.254 e. The van der Waals surface area contributed by atoms with E-state index in [1.54, 1.807) is 25.3 Å². The van der Waals surface area contributed by atoms with Gasteiger partial charge in [0.25, 0.3) is 5.91 Å². The number of carbonyl (C=O) groups excluding carboxylic acids is 2. The fourth-order valence-corrected chi connectivity index (χ4v) is 1.88. The van der Waals surface area contributed by atoms with Gasteiger partial charge in [-0.25, -0.2) is 4.98 Å². The van der Waals surface area contributed by atoms with Gasteiger partial charge in [0.2, 0.25) is 5.91 Å². The van der Waals surface area contributed by atoms with Crippen molar-refractivity contribution in [2.75, 3.05) is 0 Å². The van der Waals surface area contributed by atoms with Crippen molar-refractivity contribution in [3.8, 4) is 0 Å². The second kappa shape index (κ2) is 5.48. The number of pyridine rings is 1. The molecule has 1 aliphatic rings. The van der Waals surface area contributed by atoms with Gasteiger partial charge in [-0.05, 0) is 47.8 Å². The van der Waals surface area contributed by atoms with Crippen LogP contribution in [0.5, 0.6) is 0 Å². The summed E-state index contributed by atoms with van der Waals surface area (Å²) < 4.78 is 0.470. The lowest BCUT2D eigenvalue weighted by atomic mass is 10.2. The predicted octanol–water partition coefficient (Wildman–Crippen LogP) is 1.24. The summed E-state index contributed by atoms with van der Waals surface area (Å²) in [6.45, 7) is 1.67. The van der Waals surface area contributed by atoms with E-state index in [1.165, 1.54) is 0 Å². The maximum absolute atomic E-state index is 11.9. The van der Waals surface area contributed by atoms with E-state index < -0.39 is 6.04 Å². The first kappa shape index (κ1) is 13.0. The maximum atomic E-state index is 11.9. The summed E-state index contributed by atoms with van der Waals surface area (Å²) in [6, 6.07) is 3.07. The van der Waals surface area contributed by atoms with Crippen molar-refractivity contribution in [3.63, 3.8) is 0 Å². The van der Waals surface area contributed by atoms with Crippen molar-refractivity contribution in [2.45, 2.75) is 31.8 Å². The fraction of sp³-hybridized carbons (Fsp3) is 0.417. The molecule has 1 unspecified atom stereocenters. The molecule has 1 fully saturated rings. The zero-order valence-corrected chi connectivity index (χ0v) is 11.5. The predicted molar refractivity (Wildman–Crippen MR) is 70.0 cm³/mol. The van der Waals surface area contributed by atoms with E-state index in [0.717, 1.165) is 12.8 Å². The normalized spacial score (nSPS) is 15.9. The highest BCUT2D eigenvalue weighted by Gasteiger charge is 2.26. The van der Waals surface area contributed by atoms with Gasteiger partial charge in [0, 0.05) is 12.2 Å². The van der Waals surface area contributed by atoms with E-state index in [0.29, 0.717) is 16.2 Å². The van der Waals surface area contributed by atoms with Gasteiger partial charge >= 0.3 is 0 Å². The summed E-state index contributed by atoms with van der Waals surface area (Å²) in [4.78, 5) is 27.6. The van der Waals surface area contributed by atoms with Gasteiger partial charge in [-0.15, -0.1) is 0 Å². The van der Waals surface area contributed by atoms with Gasteiger partial charge in [0.15, 0.2) is 0 Å². The molecule has 1 aliphatic carbocycles. The van der Waals surface area contributed by atoms with Crippen LogP contribution in [-0.4, -0.2) is 28.9 Å². The summed E-state index contributed by atoms with van der Waals surface area (Å²) in [6.07, 6.45) is 3.64. The molecule has 0 bridgehead atoms. The van der Waals surface area contributed by atoms with Crippen molar-refractivity contribution in [1.29, 1.82) is 0 Å². The van der Waals surface area contributed by atoms with E-state index in [4.69, 9.17) is 0 Å². The molecule has 0 radical (unpaired) electrons. The average Bonchev–Trinajstić information content (AvgIpc) is 3.13. The number of halogens is 1. The van der Waals surface area contributed by atoms with Crippen LogP contribution in [0.1, 0.15) is 30.1 Å². The SMILES string of the molecule is CC(NC(=O)c1cccnc1Br)C(=O)NC1CC1. The molecule has 2 N–H and O–H groups in total. The monoisotopic (exact) mass is 311 g/mol. The molecule has 1 heterocycles. The molecule has 2 amide bonds. The highest BCUT2D eigenvalue weighted by Crippen LogP contribution is 2.18. The zero-order chi connectivity index (χ0) is 13.1. The molecular weight excluding hydrogens is 298 g/mol. The largest absolute Gasteiger partial charge is 0.352 e. The molecule has 5 nitrogen and oxygen atoms in total. The Morgan fingerprint density at radius 1 is 1.50 bits per heavy atom. The molecule has 1 aromatic rings. The summed E-state index contributed by atoms with van der Waals surface area (Å²) >= 11 is 3.20. The Morgan fingerprint density at radius 2 is 2.22 bits per heavy atom. The van der Waals surface area contributed by atoms with Crippen molar-refractivity contribution in [1.82, 2.24) is 15.6 Å². The zero-order valence-electron chi connectivity index (χ0n) is 9.94. The first-order chi connectivity index (χ1) is 8.58. The average molecular weight is 312 g/mol. The summed E-state index contributed by atoms with van der Waals surface area (Å²) in [5.74, 6) is -0.459. The first-order valence-corrected chi connectivity index (χ1v) is 6.59. The van der Waals surface area contributed by atoms with Crippen molar-refractivity contribution in [3.05, 3.63) is 28.5 Å². The Labute approximate surface area is 113 Å². The Balaban J connectivity index is 1.94. The molecule has 18 heavy (non-hydrogen) atoms. The molecule has 1 atom stereocenters. The van der Waals surface area contributed by atoms with E-state index >= 15 is 0 Å². The van der Waals surface area contributed by atoms with Crippen LogP contribution in [0.4, 0.5) is 0 Å². The molecular formula is C12H14BrN3O2. The van der Waals surface area contributed by atoms with Gasteiger partial charge < -0.3 is 10.6 Å². The van der Waals surface area contributed by atoms with E-state index in [9.17, 15) is 9.59 Å². The fourth-order valence-electron chi connectivity index (χ4n) is 1.45. The number of aromatic nitrogens is 1. The van der Waals surface area contributed by atoms with E-state index in [2.05, 4.69) is 31.5 Å². The molecule has 1 aromatic heterocycles. The Bertz CT molecular complexity index is 474. The summed E-state index contributed by atoms with van der Waals surface area (Å²) in [7, 11) is 0. The van der Waals surface area contributed by atoms with Crippen LogP contribution in [0.25, 0.3) is 0 Å². The third kappa shape index (κ3) is 3.29. The lowest BCUT2D eigenvalue weighted by molar-refractivity contribution is -0.122. The number of nitrogens with zero attached hydrogens (tertiary/aromatic N) is 1. The molecule has 2 rings (SSSR count). The Hall–Kier alpha value is -1.43. The summed E-state index contributed by atoms with van der Waals surface area (Å²) in [5.41, 5.74) is 0.420. The van der Waals surface area contributed by atoms with Gasteiger partial charge in [-0.2, -0.15) is 0 Å². The van der Waals surface area contributed by atoms with Crippen LogP contribution in [0.3, 0.4) is 0 Å². The second-order valence-electron chi connectivity index (χ2n) is 4.32. The van der Waals surface area contributed by atoms with Gasteiger partial charge in [0.05, 0.1) is 5.56 Å². The van der Waals surface area contributed by atoms with Crippen LogP contribution in [0.15, 0.2) is 22.9 Å². The number of rotatable bonds is 4. The van der Waals surface area contributed by atoms with Gasteiger partial charge in [0.1, 0.15) is 10.6 Å². The third-order valence-electron chi connectivity index (χ3n) is 2.67. The number of nitrogens with one attached hydrogen (secondary N) is 2. The van der Waals surface area contributed by atoms with Crippen molar-refractivity contribution >= 4 is 27.7 Å². The maximum Gasteiger partial charge on any atom is 0.254 e. The molecule has 96 valence electrons. The number of hydrogen-bond donors (Lipinski definition) is 2. The molecule has 1 saturated carbocycles. The molecule has 0 saturated heterocycles. The van der Waals surface area contributed by atoms with E-state index in [1.807, 2.05) is 0 Å². The van der Waals surface area contributed by atoms with Crippen molar-refractivity contribution in [2.24, 2.45) is 0 Å². The first-order valence-electron chi connectivity index (χ1n) is 5.79. The molecule has 0 aromatic carbocycles. The third-order valence-corrected chi connectivity index (χ3v) is 3.30.